The Balaban J connectivity index is 1.88. The molecule has 3 rings (SSSR count). The quantitative estimate of drug-likeness (QED) is 0.200. The van der Waals surface area contributed by atoms with Crippen LogP contribution in [0.15, 0.2) is 12.1 Å². The molecule has 0 radical (unpaired) electrons. The SMILES string of the molecule is CCCN(CCC)CCOC(=O)Nc1c(C)[nH]c(/C=C2\C(=O)Nc3cc(NC(=O)COC)c(F)cc32)c1C(F)(F)F. The number of anilines is 3. The fourth-order valence-electron chi connectivity index (χ4n) is 4.49. The summed E-state index contributed by atoms with van der Waals surface area (Å²) in [4.78, 5) is 41.5. The molecule has 0 spiro atoms. The highest BCUT2D eigenvalue weighted by molar-refractivity contribution is 6.35. The number of rotatable bonds is 12. The molecule has 1 aliphatic heterocycles. The molecule has 1 aromatic carbocycles. The minimum atomic E-state index is -4.93. The van der Waals surface area contributed by atoms with Gasteiger partial charge in [-0.15, -0.1) is 0 Å². The number of nitrogens with zero attached hydrogens (tertiary/aromatic N) is 1. The number of benzene rings is 1. The van der Waals surface area contributed by atoms with Gasteiger partial charge in [0, 0.05) is 24.9 Å². The van der Waals surface area contributed by atoms with Crippen LogP contribution in [0.4, 0.5) is 39.4 Å². The number of methoxy groups -OCH3 is 1. The Kier molecular flexibility index (Phi) is 10.5. The normalized spacial score (nSPS) is 13.9. The predicted octanol–water partition coefficient (Wildman–Crippen LogP) is 5.23. The molecule has 0 atom stereocenters. The van der Waals surface area contributed by atoms with Crippen LogP contribution in [0.2, 0.25) is 0 Å². The highest BCUT2D eigenvalue weighted by Crippen LogP contribution is 2.42. The summed E-state index contributed by atoms with van der Waals surface area (Å²) in [6, 6.07) is 2.09. The van der Waals surface area contributed by atoms with Gasteiger partial charge in [-0.2, -0.15) is 13.2 Å². The van der Waals surface area contributed by atoms with E-state index < -0.39 is 46.8 Å². The van der Waals surface area contributed by atoms with Gasteiger partial charge < -0.3 is 25.1 Å². The van der Waals surface area contributed by atoms with Crippen LogP contribution in [0.25, 0.3) is 11.6 Å². The molecule has 14 heteroatoms. The molecule has 0 aliphatic carbocycles. The van der Waals surface area contributed by atoms with Gasteiger partial charge in [0.05, 0.1) is 28.3 Å². The van der Waals surface area contributed by atoms with Gasteiger partial charge in [-0.3, -0.25) is 19.8 Å². The second-order valence-electron chi connectivity index (χ2n) is 9.38. The number of aryl methyl sites for hydroxylation is 1. The van der Waals surface area contributed by atoms with Crippen LogP contribution in [0.3, 0.4) is 0 Å². The lowest BCUT2D eigenvalue weighted by Crippen LogP contribution is -2.30. The zero-order chi connectivity index (χ0) is 30.3. The predicted molar refractivity (Wildman–Crippen MR) is 146 cm³/mol. The molecule has 1 aromatic heterocycles. The van der Waals surface area contributed by atoms with E-state index in [9.17, 15) is 31.9 Å². The number of hydrogen-bond donors (Lipinski definition) is 4. The van der Waals surface area contributed by atoms with Gasteiger partial charge in [0.15, 0.2) is 0 Å². The Hall–Kier alpha value is -3.91. The lowest BCUT2D eigenvalue weighted by Gasteiger charge is -2.20. The fraction of sp³-hybridized carbons (Fsp3) is 0.444. The van der Waals surface area contributed by atoms with Crippen molar-refractivity contribution in [1.82, 2.24) is 9.88 Å². The Labute approximate surface area is 234 Å². The van der Waals surface area contributed by atoms with Crippen molar-refractivity contribution in [3.8, 4) is 0 Å². The molecule has 224 valence electrons. The highest BCUT2D eigenvalue weighted by atomic mass is 19.4. The zero-order valence-electron chi connectivity index (χ0n) is 23.2. The number of halogens is 4. The third-order valence-corrected chi connectivity index (χ3v) is 6.18. The zero-order valence-corrected chi connectivity index (χ0v) is 23.2. The minimum absolute atomic E-state index is 0.00440. The van der Waals surface area contributed by atoms with Crippen LogP contribution in [-0.4, -0.2) is 67.7 Å². The highest BCUT2D eigenvalue weighted by Gasteiger charge is 2.40. The van der Waals surface area contributed by atoms with Crippen molar-refractivity contribution >= 4 is 46.6 Å². The van der Waals surface area contributed by atoms with Crippen molar-refractivity contribution in [3.05, 3.63) is 40.5 Å². The maximum absolute atomic E-state index is 14.7. The van der Waals surface area contributed by atoms with Gasteiger partial charge >= 0.3 is 12.3 Å². The van der Waals surface area contributed by atoms with Crippen LogP contribution in [-0.2, 0) is 25.2 Å². The number of alkyl halides is 3. The number of ether oxygens (including phenoxy) is 2. The van der Waals surface area contributed by atoms with E-state index in [4.69, 9.17) is 4.74 Å². The summed E-state index contributed by atoms with van der Waals surface area (Å²) in [5.41, 5.74) is -2.71. The van der Waals surface area contributed by atoms with Crippen LogP contribution in [0, 0.1) is 12.7 Å². The van der Waals surface area contributed by atoms with E-state index >= 15 is 0 Å². The number of hydrogen-bond acceptors (Lipinski definition) is 6. The van der Waals surface area contributed by atoms with Gasteiger partial charge in [0.2, 0.25) is 5.91 Å². The van der Waals surface area contributed by atoms with Crippen molar-refractivity contribution in [1.29, 1.82) is 0 Å². The third-order valence-electron chi connectivity index (χ3n) is 6.18. The van der Waals surface area contributed by atoms with E-state index in [-0.39, 0.29) is 41.4 Å². The van der Waals surface area contributed by atoms with Crippen molar-refractivity contribution in [2.75, 3.05) is 55.9 Å². The molecule has 10 nitrogen and oxygen atoms in total. The summed E-state index contributed by atoms with van der Waals surface area (Å²) in [6.45, 7) is 7.06. The molecule has 2 aromatic rings. The summed E-state index contributed by atoms with van der Waals surface area (Å²) < 4.78 is 67.2. The molecule has 0 unspecified atom stereocenters. The summed E-state index contributed by atoms with van der Waals surface area (Å²) >= 11 is 0. The summed E-state index contributed by atoms with van der Waals surface area (Å²) in [5.74, 6) is -2.32. The van der Waals surface area contributed by atoms with Gasteiger partial charge in [-0.1, -0.05) is 13.8 Å². The van der Waals surface area contributed by atoms with Crippen molar-refractivity contribution in [2.45, 2.75) is 39.8 Å². The molecular weight excluding hydrogens is 550 g/mol. The molecular formula is C27H33F4N5O5. The Morgan fingerprint density at radius 3 is 2.39 bits per heavy atom. The summed E-state index contributed by atoms with van der Waals surface area (Å²) in [7, 11) is 1.28. The standard InChI is InChI=1S/C27H33F4N5O5/c1-5-7-36(8-6-2)9-10-41-26(39)35-24-15(3)32-21(23(24)27(29,30)31)12-17-16-11-18(28)20(33-22(37)14-40-4)13-19(16)34-25(17)38/h11-13,32H,5-10,14H2,1-4H3,(H,33,37)(H,34,38)(H,35,39)/b17-12-. The van der Waals surface area contributed by atoms with Gasteiger partial charge in [-0.05, 0) is 51.1 Å². The van der Waals surface area contributed by atoms with Crippen molar-refractivity contribution < 1.29 is 41.4 Å². The Bertz CT molecular complexity index is 1320. The van der Waals surface area contributed by atoms with E-state index in [1.807, 2.05) is 13.8 Å². The number of aromatic amines is 1. The average Bonchev–Trinajstić information content (AvgIpc) is 3.34. The van der Waals surface area contributed by atoms with Gasteiger partial charge in [0.25, 0.3) is 5.91 Å². The maximum Gasteiger partial charge on any atom is 0.420 e. The second-order valence-corrected chi connectivity index (χ2v) is 9.38. The Morgan fingerprint density at radius 1 is 1.10 bits per heavy atom. The molecule has 41 heavy (non-hydrogen) atoms. The number of H-pyrrole nitrogens is 1. The molecule has 1 aliphatic rings. The molecule has 0 fully saturated rings. The number of nitrogens with one attached hydrogen (secondary N) is 4. The second kappa shape index (κ2) is 13.6. The fourth-order valence-corrected chi connectivity index (χ4v) is 4.49. The first-order valence-electron chi connectivity index (χ1n) is 13.0. The molecule has 0 bridgehead atoms. The molecule has 0 saturated carbocycles. The summed E-state index contributed by atoms with van der Waals surface area (Å²) in [5, 5.41) is 6.92. The first kappa shape index (κ1) is 31.6. The number of carbonyl (C=O) groups excluding carboxylic acids is 3. The molecule has 3 amide bonds. The topological polar surface area (TPSA) is 125 Å². The number of aromatic nitrogens is 1. The number of fused-ring (bicyclic) bond motifs is 1. The number of carbonyl (C=O) groups is 3. The monoisotopic (exact) mass is 583 g/mol. The Morgan fingerprint density at radius 2 is 1.78 bits per heavy atom. The van der Waals surface area contributed by atoms with Crippen LogP contribution in [0.1, 0.15) is 49.2 Å². The van der Waals surface area contributed by atoms with Crippen LogP contribution >= 0.6 is 0 Å². The largest absolute Gasteiger partial charge is 0.448 e. The first-order valence-corrected chi connectivity index (χ1v) is 13.0. The average molecular weight is 584 g/mol. The molecule has 4 N–H and O–H groups in total. The third kappa shape index (κ3) is 7.85. The van der Waals surface area contributed by atoms with Crippen molar-refractivity contribution in [2.24, 2.45) is 0 Å². The van der Waals surface area contributed by atoms with Crippen LogP contribution in [0.5, 0.6) is 0 Å². The lowest BCUT2D eigenvalue weighted by molar-refractivity contribution is -0.137. The number of amides is 3. The van der Waals surface area contributed by atoms with E-state index in [0.29, 0.717) is 6.54 Å². The van der Waals surface area contributed by atoms with Gasteiger partial charge in [-0.25, -0.2) is 9.18 Å². The van der Waals surface area contributed by atoms with Gasteiger partial charge in [0.1, 0.15) is 24.6 Å². The smallest absolute Gasteiger partial charge is 0.420 e. The maximum atomic E-state index is 14.7. The first-order chi connectivity index (χ1) is 19.4. The van der Waals surface area contributed by atoms with E-state index in [0.717, 1.165) is 44.1 Å². The van der Waals surface area contributed by atoms with E-state index in [1.165, 1.54) is 14.0 Å². The minimum Gasteiger partial charge on any atom is -0.448 e. The molecule has 2 heterocycles. The van der Waals surface area contributed by atoms with Crippen LogP contribution < -0.4 is 16.0 Å². The molecule has 0 saturated heterocycles. The van der Waals surface area contributed by atoms with E-state index in [2.05, 4.69) is 30.6 Å². The van der Waals surface area contributed by atoms with E-state index in [1.54, 1.807) is 0 Å². The van der Waals surface area contributed by atoms with Crippen molar-refractivity contribution in [3.63, 3.8) is 0 Å². The lowest BCUT2D eigenvalue weighted by atomic mass is 10.0. The summed E-state index contributed by atoms with van der Waals surface area (Å²) in [6.07, 6.45) is -3.24.